The topological polar surface area (TPSA) is 20.2 Å². The summed E-state index contributed by atoms with van der Waals surface area (Å²) in [6.45, 7) is 7.47. The van der Waals surface area contributed by atoms with Gasteiger partial charge in [-0.3, -0.25) is 0 Å². The van der Waals surface area contributed by atoms with Crippen molar-refractivity contribution in [3.8, 4) is 0 Å². The van der Waals surface area contributed by atoms with Crippen LogP contribution < -0.4 is 4.46 Å². The quantitative estimate of drug-likeness (QED) is 0.397. The van der Waals surface area contributed by atoms with Gasteiger partial charge < -0.3 is 0 Å². The number of benzene rings is 1. The first kappa shape index (κ1) is 16.2. The zero-order chi connectivity index (χ0) is 14.0. The Kier molecular flexibility index (Phi) is 7.81. The summed E-state index contributed by atoms with van der Waals surface area (Å²) in [5.74, 6) is 0. The van der Waals surface area contributed by atoms with Crippen LogP contribution in [0.25, 0.3) is 0 Å². The van der Waals surface area contributed by atoms with Gasteiger partial charge in [0.2, 0.25) is 0 Å². The molecule has 0 bridgehead atoms. The normalized spacial score (nSPS) is 13.7. The van der Waals surface area contributed by atoms with Crippen LogP contribution in [0.5, 0.6) is 0 Å². The number of hydrogen-bond acceptors (Lipinski definition) is 1. The number of hydrogen-bond donors (Lipinski definition) is 1. The van der Waals surface area contributed by atoms with E-state index in [4.69, 9.17) is 0 Å². The second-order valence-corrected chi connectivity index (χ2v) is 7.26. The van der Waals surface area contributed by atoms with Gasteiger partial charge in [-0.25, -0.2) is 0 Å². The molecule has 0 saturated heterocycles. The van der Waals surface area contributed by atoms with E-state index in [2.05, 4.69) is 43.5 Å². The molecule has 1 aromatic carbocycles. The van der Waals surface area contributed by atoms with Crippen molar-refractivity contribution in [2.45, 2.75) is 43.0 Å². The van der Waals surface area contributed by atoms with E-state index >= 15 is 0 Å². The van der Waals surface area contributed by atoms with Crippen LogP contribution in [-0.4, -0.2) is 25.7 Å². The fraction of sp³-hybridized carbons (Fsp3) is 0.412. The van der Waals surface area contributed by atoms with Crippen molar-refractivity contribution in [1.29, 1.82) is 0 Å². The second-order valence-electron chi connectivity index (χ2n) is 4.81. The van der Waals surface area contributed by atoms with Crippen LogP contribution in [-0.2, 0) is 0 Å². The molecule has 104 valence electrons. The van der Waals surface area contributed by atoms with Gasteiger partial charge in [-0.05, 0) is 0 Å². The van der Waals surface area contributed by atoms with E-state index in [9.17, 15) is 5.11 Å². The Balaban J connectivity index is 2.31. The van der Waals surface area contributed by atoms with E-state index in [1.165, 1.54) is 9.78 Å². The number of rotatable bonds is 10. The molecule has 1 nitrogen and oxygen atoms in total. The summed E-state index contributed by atoms with van der Waals surface area (Å²) in [5.41, 5.74) is -0.581. The molecule has 0 fully saturated rings. The molecule has 1 unspecified atom stereocenters. The summed E-state index contributed by atoms with van der Waals surface area (Å²) in [5, 5.41) is 11.7. The molecule has 1 atom stereocenters. The Morgan fingerprint density at radius 1 is 1.11 bits per heavy atom. The summed E-state index contributed by atoms with van der Waals surface area (Å²) >= 11 is 0.523. The van der Waals surface area contributed by atoms with Gasteiger partial charge in [0, 0.05) is 0 Å². The molecule has 0 aliphatic heterocycles. The van der Waals surface area contributed by atoms with E-state index in [0.717, 1.165) is 25.7 Å². The van der Waals surface area contributed by atoms with E-state index < -0.39 is 5.60 Å². The van der Waals surface area contributed by atoms with Gasteiger partial charge in [0.25, 0.3) is 0 Å². The molecule has 1 rings (SSSR count). The molecule has 0 radical (unpaired) electrons. The molecule has 0 aromatic heterocycles. The molecule has 0 amide bonds. The third-order valence-corrected chi connectivity index (χ3v) is 5.44. The predicted molar refractivity (Wildman–Crippen MR) is 85.1 cm³/mol. The molecule has 0 heterocycles. The molecule has 1 aromatic rings. The molecule has 1 N–H and O–H groups in total. The fourth-order valence-corrected chi connectivity index (χ4v) is 3.91. The van der Waals surface area contributed by atoms with Crippen molar-refractivity contribution >= 4 is 19.4 Å². The summed E-state index contributed by atoms with van der Waals surface area (Å²) in [6.07, 6.45) is 7.99. The standard InChI is InChI=1S/C17H24OSe/c1-3-5-13-17(18,12-4-2)14-9-15-19-16-10-7-6-8-11-16/h3-4,6-8,10-11,18H,1-2,5,9,12-15H2. The van der Waals surface area contributed by atoms with Gasteiger partial charge >= 0.3 is 123 Å². The minimum atomic E-state index is -0.581. The van der Waals surface area contributed by atoms with Crippen molar-refractivity contribution in [2.24, 2.45) is 0 Å². The van der Waals surface area contributed by atoms with Crippen molar-refractivity contribution in [2.75, 3.05) is 0 Å². The summed E-state index contributed by atoms with van der Waals surface area (Å²) in [4.78, 5) is 0. The Morgan fingerprint density at radius 2 is 1.84 bits per heavy atom. The van der Waals surface area contributed by atoms with Crippen LogP contribution in [0.3, 0.4) is 0 Å². The molecule has 0 spiro atoms. The Hall–Kier alpha value is -0.821. The molecular weight excluding hydrogens is 299 g/mol. The molecule has 0 aliphatic rings. The van der Waals surface area contributed by atoms with Crippen LogP contribution in [0, 0.1) is 0 Å². The van der Waals surface area contributed by atoms with Crippen LogP contribution in [0.15, 0.2) is 55.6 Å². The second kappa shape index (κ2) is 9.14. The van der Waals surface area contributed by atoms with Crippen LogP contribution in [0.1, 0.15) is 32.1 Å². The van der Waals surface area contributed by atoms with Crippen LogP contribution in [0.4, 0.5) is 0 Å². The summed E-state index contributed by atoms with van der Waals surface area (Å²) in [7, 11) is 0. The van der Waals surface area contributed by atoms with Crippen molar-refractivity contribution in [3.63, 3.8) is 0 Å². The zero-order valence-electron chi connectivity index (χ0n) is 11.6. The minimum absolute atomic E-state index is 0.523. The first-order valence-electron chi connectivity index (χ1n) is 6.82. The fourth-order valence-electron chi connectivity index (χ4n) is 2.08. The van der Waals surface area contributed by atoms with Gasteiger partial charge in [0.15, 0.2) is 0 Å². The first-order chi connectivity index (χ1) is 9.20. The monoisotopic (exact) mass is 324 g/mol. The molecule has 0 saturated carbocycles. The maximum absolute atomic E-state index is 10.5. The van der Waals surface area contributed by atoms with Crippen LogP contribution in [0.2, 0.25) is 5.32 Å². The SMILES string of the molecule is C=CCCC(O)(CC=C)CCC[Se]c1ccccc1. The third kappa shape index (κ3) is 6.77. The Bertz CT molecular complexity index is 374. The van der Waals surface area contributed by atoms with Crippen molar-refractivity contribution < 1.29 is 5.11 Å². The number of allylic oxidation sites excluding steroid dienone is 1. The molecule has 0 aliphatic carbocycles. The zero-order valence-corrected chi connectivity index (χ0v) is 13.3. The summed E-state index contributed by atoms with van der Waals surface area (Å²) in [6, 6.07) is 10.6. The van der Waals surface area contributed by atoms with E-state index in [1.807, 2.05) is 12.2 Å². The van der Waals surface area contributed by atoms with Gasteiger partial charge in [-0.1, -0.05) is 0 Å². The molecule has 2 heteroatoms. The van der Waals surface area contributed by atoms with Gasteiger partial charge in [0.1, 0.15) is 0 Å². The van der Waals surface area contributed by atoms with E-state index in [-0.39, 0.29) is 0 Å². The predicted octanol–water partition coefficient (Wildman–Crippen LogP) is 3.49. The maximum atomic E-state index is 10.5. The number of aliphatic hydroxyl groups is 1. The van der Waals surface area contributed by atoms with Gasteiger partial charge in [-0.15, -0.1) is 0 Å². The van der Waals surface area contributed by atoms with Crippen molar-refractivity contribution in [1.82, 2.24) is 0 Å². The molecule has 19 heavy (non-hydrogen) atoms. The van der Waals surface area contributed by atoms with Crippen LogP contribution >= 0.6 is 0 Å². The Morgan fingerprint density at radius 3 is 2.47 bits per heavy atom. The average molecular weight is 323 g/mol. The van der Waals surface area contributed by atoms with Gasteiger partial charge in [-0.2, -0.15) is 0 Å². The van der Waals surface area contributed by atoms with Gasteiger partial charge in [0.05, 0.1) is 0 Å². The van der Waals surface area contributed by atoms with Crippen molar-refractivity contribution in [3.05, 3.63) is 55.6 Å². The first-order valence-corrected chi connectivity index (χ1v) is 8.89. The third-order valence-electron chi connectivity index (χ3n) is 3.14. The average Bonchev–Trinajstić information content (AvgIpc) is 2.43. The molecular formula is C17H24OSe. The van der Waals surface area contributed by atoms with E-state index in [1.54, 1.807) is 0 Å². The van der Waals surface area contributed by atoms with E-state index in [0.29, 0.717) is 21.4 Å². The summed E-state index contributed by atoms with van der Waals surface area (Å²) < 4.78 is 1.44. The Labute approximate surface area is 123 Å².